The second-order valence-corrected chi connectivity index (χ2v) is 10.7. The molecule has 0 saturated heterocycles. The Balaban J connectivity index is 0. The number of aliphatic hydroxyl groups excluding tert-OH is 1. The van der Waals surface area contributed by atoms with Crippen molar-refractivity contribution in [2.75, 3.05) is 0 Å². The van der Waals surface area contributed by atoms with Crippen LogP contribution in [0.25, 0.3) is 0 Å². The second-order valence-electron chi connectivity index (χ2n) is 8.95. The molecular formula is C24H49KO4S. The molecule has 2 atom stereocenters. The van der Waals surface area contributed by atoms with Gasteiger partial charge in [0.05, 0.1) is 16.2 Å². The maximum Gasteiger partial charge on any atom is 1.00 e. The van der Waals surface area contributed by atoms with Gasteiger partial charge in [0.1, 0.15) is 0 Å². The number of unbranched alkanes of at least 4 members (excludes halogenated alkanes) is 16. The van der Waals surface area contributed by atoms with E-state index in [1.807, 2.05) is 6.92 Å². The summed E-state index contributed by atoms with van der Waals surface area (Å²) in [7, 11) is -4.09. The van der Waals surface area contributed by atoms with Crippen molar-refractivity contribution in [2.24, 2.45) is 0 Å². The van der Waals surface area contributed by atoms with Crippen LogP contribution in [0.3, 0.4) is 0 Å². The summed E-state index contributed by atoms with van der Waals surface area (Å²) in [6, 6.07) is 0. The molecule has 0 aromatic heterocycles. The van der Waals surface area contributed by atoms with Crippen molar-refractivity contribution in [1.82, 2.24) is 0 Å². The van der Waals surface area contributed by atoms with Gasteiger partial charge in [0.15, 0.2) is 0 Å². The van der Waals surface area contributed by atoms with Crippen LogP contribution >= 0.6 is 0 Å². The summed E-state index contributed by atoms with van der Waals surface area (Å²) >= 11 is 0. The van der Waals surface area contributed by atoms with Gasteiger partial charge in [-0.1, -0.05) is 116 Å². The van der Waals surface area contributed by atoms with Crippen molar-refractivity contribution in [3.05, 3.63) is 0 Å². The summed E-state index contributed by atoms with van der Waals surface area (Å²) in [4.78, 5) is 0. The number of aliphatic hydroxyl groups is 1. The van der Waals surface area contributed by atoms with Gasteiger partial charge in [-0.2, -0.15) is 0 Å². The van der Waals surface area contributed by atoms with Crippen LogP contribution in [0, 0.1) is 0 Å². The van der Waals surface area contributed by atoms with Gasteiger partial charge in [-0.25, -0.2) is 8.42 Å². The van der Waals surface area contributed by atoms with Gasteiger partial charge in [-0.05, 0) is 26.2 Å². The van der Waals surface area contributed by atoms with Crippen LogP contribution in [-0.2, 0) is 10.1 Å². The summed E-state index contributed by atoms with van der Waals surface area (Å²) in [5, 5.41) is 8.78. The molecule has 2 unspecified atom stereocenters. The average Bonchev–Trinajstić information content (AvgIpc) is 2.68. The first-order valence-electron chi connectivity index (χ1n) is 12.5. The summed E-state index contributed by atoms with van der Waals surface area (Å²) in [5.41, 5.74) is 0. The molecule has 0 aliphatic heterocycles. The average molecular weight is 473 g/mol. The first-order valence-corrected chi connectivity index (χ1v) is 14.0. The topological polar surface area (TPSA) is 77.4 Å². The fourth-order valence-electron chi connectivity index (χ4n) is 3.81. The Morgan fingerprint density at radius 3 is 1.17 bits per heavy atom. The zero-order valence-electron chi connectivity index (χ0n) is 20.4. The molecule has 0 amide bonds. The van der Waals surface area contributed by atoms with Gasteiger partial charge in [-0.15, -0.1) is 0 Å². The quantitative estimate of drug-likeness (QED) is 0.146. The Morgan fingerprint density at radius 1 is 0.633 bits per heavy atom. The largest absolute Gasteiger partial charge is 1.00 e. The fourth-order valence-corrected chi connectivity index (χ4v) is 4.27. The fraction of sp³-hybridized carbons (Fsp3) is 1.00. The molecule has 0 spiro atoms. The molecule has 0 aliphatic rings. The molecule has 0 fully saturated rings. The minimum Gasteiger partial charge on any atom is -0.748 e. The van der Waals surface area contributed by atoms with E-state index in [1.54, 1.807) is 0 Å². The van der Waals surface area contributed by atoms with Crippen molar-refractivity contribution >= 4 is 10.1 Å². The van der Waals surface area contributed by atoms with Gasteiger partial charge in [0.2, 0.25) is 0 Å². The van der Waals surface area contributed by atoms with Crippen LogP contribution < -0.4 is 51.4 Å². The molecule has 0 radical (unpaired) electrons. The van der Waals surface area contributed by atoms with E-state index < -0.39 is 15.4 Å². The van der Waals surface area contributed by atoms with E-state index in [2.05, 4.69) is 0 Å². The molecule has 0 rings (SSSR count). The van der Waals surface area contributed by atoms with Gasteiger partial charge >= 0.3 is 51.4 Å². The molecule has 1 N–H and O–H groups in total. The minimum atomic E-state index is -4.09. The van der Waals surface area contributed by atoms with Crippen molar-refractivity contribution < 1.29 is 69.5 Å². The zero-order valence-corrected chi connectivity index (χ0v) is 24.3. The molecule has 0 saturated carbocycles. The van der Waals surface area contributed by atoms with Crippen molar-refractivity contribution in [2.45, 2.75) is 154 Å². The Labute approximate surface area is 230 Å². The molecule has 0 aromatic carbocycles. The second kappa shape index (κ2) is 23.7. The third-order valence-corrected chi connectivity index (χ3v) is 7.33. The Hall–Kier alpha value is 1.51. The van der Waals surface area contributed by atoms with Crippen LogP contribution in [0.5, 0.6) is 0 Å². The summed E-state index contributed by atoms with van der Waals surface area (Å²) in [6.45, 7) is 3.57. The Bertz CT molecular complexity index is 442. The van der Waals surface area contributed by atoms with Crippen LogP contribution in [0.15, 0.2) is 0 Å². The predicted molar refractivity (Wildman–Crippen MR) is 123 cm³/mol. The van der Waals surface area contributed by atoms with E-state index in [-0.39, 0.29) is 57.5 Å². The molecule has 0 heterocycles. The maximum atomic E-state index is 10.8. The third-order valence-electron chi connectivity index (χ3n) is 6.11. The smallest absolute Gasteiger partial charge is 0.748 e. The number of hydrogen-bond donors (Lipinski definition) is 1. The van der Waals surface area contributed by atoms with Crippen LogP contribution in [0.2, 0.25) is 0 Å². The Kier molecular flexibility index (Phi) is 26.6. The molecule has 4 nitrogen and oxygen atoms in total. The predicted octanol–water partition coefficient (Wildman–Crippen LogP) is 4.11. The standard InChI is InChI=1S/C24H50O4S.K/c1-3-24(25)22-20-18-16-14-12-10-8-6-4-5-7-9-11-13-15-17-19-21-23(2)29(26,27)28;/h23-25H,3-22H2,1-2H3,(H,26,27,28);/q;+1/p-1. The zero-order chi connectivity index (χ0) is 21.8. The van der Waals surface area contributed by atoms with Gasteiger partial charge in [0, 0.05) is 5.25 Å². The Morgan fingerprint density at radius 2 is 0.900 bits per heavy atom. The molecule has 0 aromatic rings. The third kappa shape index (κ3) is 24.2. The first-order chi connectivity index (χ1) is 13.9. The van der Waals surface area contributed by atoms with Gasteiger partial charge in [-0.3, -0.25) is 0 Å². The van der Waals surface area contributed by atoms with E-state index in [9.17, 15) is 18.1 Å². The number of rotatable bonds is 22. The van der Waals surface area contributed by atoms with Crippen LogP contribution in [-0.4, -0.2) is 29.4 Å². The van der Waals surface area contributed by atoms with E-state index in [0.29, 0.717) is 6.42 Å². The normalized spacial score (nSPS) is 13.7. The summed E-state index contributed by atoms with van der Waals surface area (Å²) in [5.74, 6) is 0. The molecule has 176 valence electrons. The van der Waals surface area contributed by atoms with Crippen LogP contribution in [0.4, 0.5) is 0 Å². The SMILES string of the molecule is CCC(O)CCCCCCCCCCCCCCCCCCCC(C)S(=O)(=O)[O-].[K+]. The molecule has 0 aliphatic carbocycles. The van der Waals surface area contributed by atoms with E-state index in [0.717, 1.165) is 32.1 Å². The maximum absolute atomic E-state index is 10.8. The van der Waals surface area contributed by atoms with E-state index >= 15 is 0 Å². The van der Waals surface area contributed by atoms with Crippen molar-refractivity contribution in [3.63, 3.8) is 0 Å². The summed E-state index contributed by atoms with van der Waals surface area (Å²) in [6.07, 6.45) is 23.9. The van der Waals surface area contributed by atoms with Crippen LogP contribution in [0.1, 0.15) is 142 Å². The molecule has 0 bridgehead atoms. The molecular weight excluding hydrogens is 423 g/mol. The summed E-state index contributed by atoms with van der Waals surface area (Å²) < 4.78 is 32.4. The van der Waals surface area contributed by atoms with E-state index in [4.69, 9.17) is 0 Å². The molecule has 30 heavy (non-hydrogen) atoms. The van der Waals surface area contributed by atoms with Gasteiger partial charge < -0.3 is 9.66 Å². The van der Waals surface area contributed by atoms with Crippen molar-refractivity contribution in [1.29, 1.82) is 0 Å². The van der Waals surface area contributed by atoms with E-state index in [1.165, 1.54) is 96.8 Å². The van der Waals surface area contributed by atoms with Gasteiger partial charge in [0.25, 0.3) is 0 Å². The molecule has 6 heteroatoms. The minimum absolute atomic E-state index is 0. The first kappa shape index (κ1) is 33.7. The number of hydrogen-bond acceptors (Lipinski definition) is 4. The van der Waals surface area contributed by atoms with Crippen molar-refractivity contribution in [3.8, 4) is 0 Å². The monoisotopic (exact) mass is 472 g/mol.